The Morgan fingerprint density at radius 3 is 2.56 bits per heavy atom. The van der Waals surface area contributed by atoms with Crippen molar-refractivity contribution in [1.29, 1.82) is 0 Å². The predicted octanol–water partition coefficient (Wildman–Crippen LogP) is 4.15. The number of hydrogen-bond acceptors (Lipinski definition) is 3. The fourth-order valence-electron chi connectivity index (χ4n) is 3.20. The van der Waals surface area contributed by atoms with Crippen molar-refractivity contribution in [3.63, 3.8) is 0 Å². The van der Waals surface area contributed by atoms with Gasteiger partial charge in [0.15, 0.2) is 11.5 Å². The lowest BCUT2D eigenvalue weighted by atomic mass is 9.96. The van der Waals surface area contributed by atoms with E-state index in [4.69, 9.17) is 9.47 Å². The minimum atomic E-state index is 0.00329. The average Bonchev–Trinajstić information content (AvgIpc) is 3.03. The molecule has 0 saturated carbocycles. The zero-order chi connectivity index (χ0) is 18.0. The minimum Gasteiger partial charge on any atom is -0.454 e. The van der Waals surface area contributed by atoms with Crippen molar-refractivity contribution in [2.45, 2.75) is 46.6 Å². The fraction of sp³-hybridized carbons (Fsp3) is 0.381. The number of rotatable bonds is 5. The minimum absolute atomic E-state index is 0.00329. The molecule has 0 aliphatic carbocycles. The van der Waals surface area contributed by atoms with Crippen molar-refractivity contribution in [3.05, 3.63) is 58.1 Å². The molecule has 25 heavy (non-hydrogen) atoms. The summed E-state index contributed by atoms with van der Waals surface area (Å²) in [6, 6.07) is 10.2. The third-order valence-corrected chi connectivity index (χ3v) is 4.80. The summed E-state index contributed by atoms with van der Waals surface area (Å²) in [5.74, 6) is 1.59. The second kappa shape index (κ2) is 7.18. The third-order valence-electron chi connectivity index (χ3n) is 4.80. The Hall–Kier alpha value is -2.49. The molecule has 1 N–H and O–H groups in total. The van der Waals surface area contributed by atoms with E-state index in [1.165, 1.54) is 22.3 Å². The van der Waals surface area contributed by atoms with Crippen molar-refractivity contribution in [1.82, 2.24) is 5.32 Å². The van der Waals surface area contributed by atoms with E-state index in [0.29, 0.717) is 12.8 Å². The summed E-state index contributed by atoms with van der Waals surface area (Å²) in [6.07, 6.45) is 1.13. The fourth-order valence-corrected chi connectivity index (χ4v) is 3.20. The number of nitrogens with one attached hydrogen (secondary N) is 1. The van der Waals surface area contributed by atoms with Gasteiger partial charge in [-0.2, -0.15) is 0 Å². The van der Waals surface area contributed by atoms with E-state index in [9.17, 15) is 4.79 Å². The molecule has 2 aromatic carbocycles. The number of benzene rings is 2. The van der Waals surface area contributed by atoms with Crippen molar-refractivity contribution in [2.24, 2.45) is 0 Å². The maximum atomic E-state index is 12.3. The van der Waals surface area contributed by atoms with Crippen LogP contribution in [0.1, 0.15) is 47.2 Å². The van der Waals surface area contributed by atoms with Crippen LogP contribution in [-0.4, -0.2) is 12.7 Å². The van der Waals surface area contributed by atoms with E-state index in [1.807, 2.05) is 25.1 Å². The molecule has 0 unspecified atom stereocenters. The lowest BCUT2D eigenvalue weighted by molar-refractivity contribution is -0.121. The number of aryl methyl sites for hydroxylation is 4. The molecule has 0 aromatic heterocycles. The summed E-state index contributed by atoms with van der Waals surface area (Å²) in [7, 11) is 0. The van der Waals surface area contributed by atoms with Gasteiger partial charge >= 0.3 is 0 Å². The zero-order valence-electron chi connectivity index (χ0n) is 15.3. The van der Waals surface area contributed by atoms with E-state index in [1.54, 1.807) is 0 Å². The van der Waals surface area contributed by atoms with Gasteiger partial charge in [-0.15, -0.1) is 0 Å². The Labute approximate surface area is 149 Å². The van der Waals surface area contributed by atoms with E-state index < -0.39 is 0 Å². The molecule has 4 nitrogen and oxygen atoms in total. The summed E-state index contributed by atoms with van der Waals surface area (Å²) in [6.45, 7) is 8.62. The standard InChI is InChI=1S/C21H25NO3/c1-13-9-15(3)18(10-14(13)2)16(4)22-21(23)8-6-17-5-7-19-20(11-17)25-12-24-19/h5,7,9-11,16H,6,8,12H2,1-4H3,(H,22,23)/t16-/m1/s1. The van der Waals surface area contributed by atoms with Gasteiger partial charge in [0.25, 0.3) is 0 Å². The van der Waals surface area contributed by atoms with Crippen LogP contribution in [0.5, 0.6) is 11.5 Å². The molecule has 0 saturated heterocycles. The highest BCUT2D eigenvalue weighted by Gasteiger charge is 2.15. The van der Waals surface area contributed by atoms with Crippen molar-refractivity contribution in [3.8, 4) is 11.5 Å². The van der Waals surface area contributed by atoms with Gasteiger partial charge < -0.3 is 14.8 Å². The molecule has 0 bridgehead atoms. The van der Waals surface area contributed by atoms with Crippen LogP contribution in [0.2, 0.25) is 0 Å². The summed E-state index contributed by atoms with van der Waals surface area (Å²) in [5.41, 5.74) is 6.00. The van der Waals surface area contributed by atoms with Gasteiger partial charge in [-0.1, -0.05) is 18.2 Å². The number of hydrogen-bond donors (Lipinski definition) is 1. The van der Waals surface area contributed by atoms with Crippen LogP contribution in [0.15, 0.2) is 30.3 Å². The number of fused-ring (bicyclic) bond motifs is 1. The van der Waals surface area contributed by atoms with Crippen LogP contribution < -0.4 is 14.8 Å². The van der Waals surface area contributed by atoms with Gasteiger partial charge in [-0.05, 0) is 74.1 Å². The van der Waals surface area contributed by atoms with Gasteiger partial charge in [-0.25, -0.2) is 0 Å². The SMILES string of the molecule is Cc1cc(C)c([C@@H](C)NC(=O)CCc2ccc3c(c2)OCO3)cc1C. The summed E-state index contributed by atoms with van der Waals surface area (Å²) in [5, 5.41) is 3.11. The highest BCUT2D eigenvalue weighted by Crippen LogP contribution is 2.32. The molecule has 4 heteroatoms. The Morgan fingerprint density at radius 2 is 1.76 bits per heavy atom. The van der Waals surface area contributed by atoms with E-state index in [0.717, 1.165) is 17.1 Å². The van der Waals surface area contributed by atoms with Crippen LogP contribution in [0.4, 0.5) is 0 Å². The molecule has 1 aliphatic rings. The van der Waals surface area contributed by atoms with E-state index in [-0.39, 0.29) is 18.7 Å². The van der Waals surface area contributed by atoms with Crippen molar-refractivity contribution in [2.75, 3.05) is 6.79 Å². The Kier molecular flexibility index (Phi) is 4.98. The molecular weight excluding hydrogens is 314 g/mol. The number of amides is 1. The molecule has 3 rings (SSSR count). The lowest BCUT2D eigenvalue weighted by Crippen LogP contribution is -2.27. The zero-order valence-corrected chi connectivity index (χ0v) is 15.3. The Bertz CT molecular complexity index is 798. The molecule has 1 atom stereocenters. The van der Waals surface area contributed by atoms with Crippen LogP contribution in [-0.2, 0) is 11.2 Å². The molecule has 1 amide bonds. The first kappa shape index (κ1) is 17.3. The highest BCUT2D eigenvalue weighted by molar-refractivity contribution is 5.76. The van der Waals surface area contributed by atoms with Crippen LogP contribution >= 0.6 is 0 Å². The van der Waals surface area contributed by atoms with Crippen molar-refractivity contribution < 1.29 is 14.3 Å². The van der Waals surface area contributed by atoms with Gasteiger partial charge in [0.1, 0.15) is 0 Å². The molecule has 132 valence electrons. The van der Waals surface area contributed by atoms with Gasteiger partial charge in [-0.3, -0.25) is 4.79 Å². The molecule has 1 aliphatic heterocycles. The Balaban J connectivity index is 1.58. The van der Waals surface area contributed by atoms with E-state index >= 15 is 0 Å². The van der Waals surface area contributed by atoms with Gasteiger partial charge in [0, 0.05) is 6.42 Å². The van der Waals surface area contributed by atoms with Crippen LogP contribution in [0.25, 0.3) is 0 Å². The van der Waals surface area contributed by atoms with E-state index in [2.05, 4.69) is 38.2 Å². The number of carbonyl (C=O) groups excluding carboxylic acids is 1. The second-order valence-electron chi connectivity index (χ2n) is 6.77. The maximum Gasteiger partial charge on any atom is 0.231 e. The smallest absolute Gasteiger partial charge is 0.231 e. The highest BCUT2D eigenvalue weighted by atomic mass is 16.7. The first-order valence-electron chi connectivity index (χ1n) is 8.69. The predicted molar refractivity (Wildman–Crippen MR) is 98.1 cm³/mol. The van der Waals surface area contributed by atoms with Crippen molar-refractivity contribution >= 4 is 5.91 Å². The molecular formula is C21H25NO3. The quantitative estimate of drug-likeness (QED) is 0.890. The maximum absolute atomic E-state index is 12.3. The third kappa shape index (κ3) is 3.95. The summed E-state index contributed by atoms with van der Waals surface area (Å²) in [4.78, 5) is 12.3. The average molecular weight is 339 g/mol. The van der Waals surface area contributed by atoms with Gasteiger partial charge in [0.05, 0.1) is 6.04 Å². The lowest BCUT2D eigenvalue weighted by Gasteiger charge is -2.18. The summed E-state index contributed by atoms with van der Waals surface area (Å²) >= 11 is 0. The normalized spacial score (nSPS) is 13.6. The summed E-state index contributed by atoms with van der Waals surface area (Å²) < 4.78 is 10.7. The monoisotopic (exact) mass is 339 g/mol. The first-order valence-corrected chi connectivity index (χ1v) is 8.69. The number of carbonyl (C=O) groups is 1. The molecule has 0 spiro atoms. The largest absolute Gasteiger partial charge is 0.454 e. The Morgan fingerprint density at radius 1 is 1.04 bits per heavy atom. The topological polar surface area (TPSA) is 47.6 Å². The van der Waals surface area contributed by atoms with Gasteiger partial charge in [0.2, 0.25) is 12.7 Å². The molecule has 0 radical (unpaired) electrons. The van der Waals surface area contributed by atoms with Crippen LogP contribution in [0, 0.1) is 20.8 Å². The number of ether oxygens (including phenoxy) is 2. The molecule has 1 heterocycles. The van der Waals surface area contributed by atoms with Crippen LogP contribution in [0.3, 0.4) is 0 Å². The first-order chi connectivity index (χ1) is 11.9. The second-order valence-corrected chi connectivity index (χ2v) is 6.77. The molecule has 0 fully saturated rings. The molecule has 2 aromatic rings.